The largest absolute Gasteiger partial charge is 0.351 e. The topological polar surface area (TPSA) is 72.9 Å². The van der Waals surface area contributed by atoms with E-state index >= 15 is 0 Å². The quantitative estimate of drug-likeness (QED) is 0.809. The van der Waals surface area contributed by atoms with Gasteiger partial charge in [-0.25, -0.2) is 0 Å². The highest BCUT2D eigenvalue weighted by Crippen LogP contribution is 2.40. The Labute approximate surface area is 127 Å². The summed E-state index contributed by atoms with van der Waals surface area (Å²) in [5, 5.41) is 7.42. The number of carbonyl (C=O) groups is 1. The van der Waals surface area contributed by atoms with Gasteiger partial charge in [-0.15, -0.1) is 0 Å². The number of aryl methyl sites for hydroxylation is 1. The maximum absolute atomic E-state index is 12.4. The van der Waals surface area contributed by atoms with Crippen molar-refractivity contribution < 1.29 is 4.79 Å². The van der Waals surface area contributed by atoms with Crippen LogP contribution in [0.4, 0.5) is 0 Å². The third kappa shape index (κ3) is 3.64. The van der Waals surface area contributed by atoms with Crippen LogP contribution in [0.5, 0.6) is 0 Å². The molecule has 0 unspecified atom stereocenters. The molecule has 1 aromatic heterocycles. The molecule has 2 rings (SSSR count). The Morgan fingerprint density at radius 2 is 2.19 bits per heavy atom. The molecule has 1 aliphatic carbocycles. The first kappa shape index (κ1) is 16.0. The number of nitrogens with zero attached hydrogens (tertiary/aromatic N) is 2. The average molecular weight is 292 g/mol. The molecule has 3 N–H and O–H groups in total. The van der Waals surface area contributed by atoms with E-state index in [1.165, 1.54) is 25.7 Å². The zero-order chi connectivity index (χ0) is 15.3. The van der Waals surface area contributed by atoms with E-state index in [2.05, 4.69) is 17.3 Å². The molecule has 0 saturated heterocycles. The first-order chi connectivity index (χ1) is 10.1. The van der Waals surface area contributed by atoms with E-state index in [0.717, 1.165) is 31.6 Å². The molecule has 5 nitrogen and oxygen atoms in total. The SMILES string of the molecule is CCC1(CNC(=O)c2cnn(CCCN)c2C)CCCC1. The summed E-state index contributed by atoms with van der Waals surface area (Å²) < 4.78 is 1.87. The fourth-order valence-electron chi connectivity index (χ4n) is 3.28. The Balaban J connectivity index is 1.95. The highest BCUT2D eigenvalue weighted by molar-refractivity contribution is 5.95. The Hall–Kier alpha value is -1.36. The summed E-state index contributed by atoms with van der Waals surface area (Å²) >= 11 is 0. The molecule has 1 heterocycles. The van der Waals surface area contributed by atoms with Gasteiger partial charge in [-0.05, 0) is 44.6 Å². The van der Waals surface area contributed by atoms with Gasteiger partial charge in [0.2, 0.25) is 0 Å². The van der Waals surface area contributed by atoms with Gasteiger partial charge in [0.25, 0.3) is 5.91 Å². The van der Waals surface area contributed by atoms with Gasteiger partial charge in [0.15, 0.2) is 0 Å². The first-order valence-corrected chi connectivity index (χ1v) is 8.12. The molecule has 0 aliphatic heterocycles. The van der Waals surface area contributed by atoms with E-state index in [-0.39, 0.29) is 5.91 Å². The first-order valence-electron chi connectivity index (χ1n) is 8.12. The lowest BCUT2D eigenvalue weighted by molar-refractivity contribution is 0.0928. The summed E-state index contributed by atoms with van der Waals surface area (Å²) in [6.45, 7) is 6.38. The van der Waals surface area contributed by atoms with Crippen molar-refractivity contribution in [1.29, 1.82) is 0 Å². The molecular weight excluding hydrogens is 264 g/mol. The zero-order valence-electron chi connectivity index (χ0n) is 13.3. The maximum Gasteiger partial charge on any atom is 0.254 e. The minimum Gasteiger partial charge on any atom is -0.351 e. The van der Waals surface area contributed by atoms with Crippen LogP contribution in [0.3, 0.4) is 0 Å². The summed E-state index contributed by atoms with van der Waals surface area (Å²) in [5.74, 6) is 0.00576. The molecule has 5 heteroatoms. The highest BCUT2D eigenvalue weighted by atomic mass is 16.1. The number of amides is 1. The lowest BCUT2D eigenvalue weighted by Crippen LogP contribution is -2.35. The average Bonchev–Trinajstić information content (AvgIpc) is 3.10. The van der Waals surface area contributed by atoms with Crippen LogP contribution < -0.4 is 11.1 Å². The van der Waals surface area contributed by atoms with E-state index in [9.17, 15) is 4.79 Å². The van der Waals surface area contributed by atoms with Gasteiger partial charge in [0, 0.05) is 18.8 Å². The van der Waals surface area contributed by atoms with Crippen molar-refractivity contribution in [1.82, 2.24) is 15.1 Å². The predicted octanol–water partition coefficient (Wildman–Crippen LogP) is 2.24. The van der Waals surface area contributed by atoms with Crippen molar-refractivity contribution in [2.24, 2.45) is 11.1 Å². The monoisotopic (exact) mass is 292 g/mol. The zero-order valence-corrected chi connectivity index (χ0v) is 13.3. The second-order valence-corrected chi connectivity index (χ2v) is 6.25. The minimum atomic E-state index is 0.00576. The number of aromatic nitrogens is 2. The maximum atomic E-state index is 12.4. The van der Waals surface area contributed by atoms with Gasteiger partial charge < -0.3 is 11.1 Å². The molecule has 0 bridgehead atoms. The van der Waals surface area contributed by atoms with Crippen LogP contribution in [-0.2, 0) is 6.54 Å². The van der Waals surface area contributed by atoms with Crippen LogP contribution in [-0.4, -0.2) is 28.8 Å². The van der Waals surface area contributed by atoms with Crippen LogP contribution in [0.25, 0.3) is 0 Å². The van der Waals surface area contributed by atoms with Crippen LogP contribution in [0.15, 0.2) is 6.20 Å². The molecule has 0 atom stereocenters. The van der Waals surface area contributed by atoms with Gasteiger partial charge in [0.05, 0.1) is 11.8 Å². The van der Waals surface area contributed by atoms with Crippen molar-refractivity contribution >= 4 is 5.91 Å². The van der Waals surface area contributed by atoms with Gasteiger partial charge in [-0.1, -0.05) is 19.8 Å². The van der Waals surface area contributed by atoms with Crippen LogP contribution in [0.2, 0.25) is 0 Å². The summed E-state index contributed by atoms with van der Waals surface area (Å²) in [7, 11) is 0. The molecule has 0 aromatic carbocycles. The molecule has 1 saturated carbocycles. The highest BCUT2D eigenvalue weighted by Gasteiger charge is 2.32. The smallest absolute Gasteiger partial charge is 0.254 e. The summed E-state index contributed by atoms with van der Waals surface area (Å²) in [5.41, 5.74) is 7.46. The van der Waals surface area contributed by atoms with Crippen molar-refractivity contribution in [3.8, 4) is 0 Å². The molecule has 1 aromatic rings. The molecule has 1 amide bonds. The fraction of sp³-hybridized carbons (Fsp3) is 0.750. The number of hydrogen-bond donors (Lipinski definition) is 2. The predicted molar refractivity (Wildman–Crippen MR) is 84.2 cm³/mol. The lowest BCUT2D eigenvalue weighted by atomic mass is 9.83. The van der Waals surface area contributed by atoms with Crippen LogP contribution in [0.1, 0.15) is 61.5 Å². The minimum absolute atomic E-state index is 0.00576. The Kier molecular flexibility index (Phi) is 5.39. The van der Waals surface area contributed by atoms with Crippen molar-refractivity contribution in [3.63, 3.8) is 0 Å². The molecule has 1 fully saturated rings. The molecule has 0 spiro atoms. The molecule has 0 radical (unpaired) electrons. The standard InChI is InChI=1S/C16H28N4O/c1-3-16(7-4-5-8-16)12-18-15(21)14-11-19-20(13(14)2)10-6-9-17/h11H,3-10,12,17H2,1-2H3,(H,18,21). The number of hydrogen-bond acceptors (Lipinski definition) is 3. The number of nitrogens with one attached hydrogen (secondary N) is 1. The number of rotatable bonds is 7. The summed E-state index contributed by atoms with van der Waals surface area (Å²) in [6, 6.07) is 0. The van der Waals surface area contributed by atoms with E-state index < -0.39 is 0 Å². The van der Waals surface area contributed by atoms with E-state index in [1.54, 1.807) is 6.20 Å². The molecule has 1 aliphatic rings. The van der Waals surface area contributed by atoms with E-state index in [0.29, 0.717) is 17.5 Å². The molecule has 21 heavy (non-hydrogen) atoms. The van der Waals surface area contributed by atoms with Crippen LogP contribution in [0, 0.1) is 12.3 Å². The van der Waals surface area contributed by atoms with Crippen molar-refractivity contribution in [2.45, 2.75) is 58.9 Å². The Morgan fingerprint density at radius 1 is 1.48 bits per heavy atom. The summed E-state index contributed by atoms with van der Waals surface area (Å²) in [4.78, 5) is 12.4. The molecular formula is C16H28N4O. The summed E-state index contributed by atoms with van der Waals surface area (Å²) in [6.07, 6.45) is 8.75. The van der Waals surface area contributed by atoms with Crippen LogP contribution >= 0.6 is 0 Å². The van der Waals surface area contributed by atoms with Gasteiger partial charge in [-0.2, -0.15) is 5.10 Å². The van der Waals surface area contributed by atoms with E-state index in [4.69, 9.17) is 5.73 Å². The fourth-order valence-corrected chi connectivity index (χ4v) is 3.28. The van der Waals surface area contributed by atoms with E-state index in [1.807, 2.05) is 11.6 Å². The van der Waals surface area contributed by atoms with Gasteiger partial charge in [-0.3, -0.25) is 9.48 Å². The van der Waals surface area contributed by atoms with Crippen molar-refractivity contribution in [2.75, 3.05) is 13.1 Å². The number of nitrogens with two attached hydrogens (primary N) is 1. The third-order valence-corrected chi connectivity index (χ3v) is 4.96. The number of carbonyl (C=O) groups excluding carboxylic acids is 1. The normalized spacial score (nSPS) is 17.1. The third-order valence-electron chi connectivity index (χ3n) is 4.96. The lowest BCUT2D eigenvalue weighted by Gasteiger charge is -2.27. The van der Waals surface area contributed by atoms with Gasteiger partial charge in [0.1, 0.15) is 0 Å². The Morgan fingerprint density at radius 3 is 2.81 bits per heavy atom. The second kappa shape index (κ2) is 7.07. The van der Waals surface area contributed by atoms with Crippen molar-refractivity contribution in [3.05, 3.63) is 17.5 Å². The Bertz CT molecular complexity index is 475. The molecule has 118 valence electrons. The van der Waals surface area contributed by atoms with Gasteiger partial charge >= 0.3 is 0 Å². The second-order valence-electron chi connectivity index (χ2n) is 6.25.